The lowest BCUT2D eigenvalue weighted by molar-refractivity contribution is 0.00727. The number of carbonyl (C=O) groups is 1. The summed E-state index contributed by atoms with van der Waals surface area (Å²) in [7, 11) is 0. The summed E-state index contributed by atoms with van der Waals surface area (Å²) in [6, 6.07) is 5.45. The number of nitrogens with one attached hydrogen (secondary N) is 1. The Morgan fingerprint density at radius 1 is 1.22 bits per heavy atom. The van der Waals surface area contributed by atoms with Crippen LogP contribution in [0.3, 0.4) is 0 Å². The summed E-state index contributed by atoms with van der Waals surface area (Å²) in [6.07, 6.45) is 7.92. The second-order valence-corrected chi connectivity index (χ2v) is 6.85. The van der Waals surface area contributed by atoms with E-state index < -0.39 is 0 Å². The number of hydrogen-bond donors (Lipinski definition) is 1. The fourth-order valence-corrected chi connectivity index (χ4v) is 3.78. The molecule has 2 fully saturated rings. The standard InChI is InChI=1S/C18H27N3O2/c22-17(16-6-2-5-9-19-16)20-14-18(7-3-1-4-8-18)15-21-10-12-23-13-11-21/h2,5-6,9H,1,3-4,7-8,10-15H2,(H,20,22). The second-order valence-electron chi connectivity index (χ2n) is 6.85. The quantitative estimate of drug-likeness (QED) is 0.903. The summed E-state index contributed by atoms with van der Waals surface area (Å²) in [4.78, 5) is 19.0. The smallest absolute Gasteiger partial charge is 0.269 e. The largest absolute Gasteiger partial charge is 0.379 e. The van der Waals surface area contributed by atoms with Crippen molar-refractivity contribution in [2.45, 2.75) is 32.1 Å². The van der Waals surface area contributed by atoms with Crippen molar-refractivity contribution in [3.8, 4) is 0 Å². The van der Waals surface area contributed by atoms with Gasteiger partial charge in [0.05, 0.1) is 13.2 Å². The van der Waals surface area contributed by atoms with Gasteiger partial charge in [-0.05, 0) is 25.0 Å². The van der Waals surface area contributed by atoms with Gasteiger partial charge in [-0.1, -0.05) is 25.3 Å². The number of hydrogen-bond acceptors (Lipinski definition) is 4. The first-order valence-electron chi connectivity index (χ1n) is 8.77. The average molecular weight is 317 g/mol. The normalized spacial score (nSPS) is 21.7. The highest BCUT2D eigenvalue weighted by atomic mass is 16.5. The molecule has 5 heteroatoms. The minimum atomic E-state index is -0.0578. The molecule has 1 saturated heterocycles. The van der Waals surface area contributed by atoms with E-state index in [1.54, 1.807) is 12.3 Å². The van der Waals surface area contributed by atoms with Gasteiger partial charge in [0.2, 0.25) is 0 Å². The van der Waals surface area contributed by atoms with E-state index in [0.717, 1.165) is 39.4 Å². The van der Waals surface area contributed by atoms with Crippen molar-refractivity contribution < 1.29 is 9.53 Å². The van der Waals surface area contributed by atoms with E-state index in [0.29, 0.717) is 5.69 Å². The van der Waals surface area contributed by atoms with Crippen molar-refractivity contribution in [3.05, 3.63) is 30.1 Å². The Morgan fingerprint density at radius 3 is 2.70 bits per heavy atom. The van der Waals surface area contributed by atoms with E-state index in [4.69, 9.17) is 4.74 Å². The van der Waals surface area contributed by atoms with Crippen molar-refractivity contribution in [2.75, 3.05) is 39.4 Å². The summed E-state index contributed by atoms with van der Waals surface area (Å²) in [5, 5.41) is 3.14. The second kappa shape index (κ2) is 7.88. The maximum Gasteiger partial charge on any atom is 0.269 e. The maximum atomic E-state index is 12.3. The van der Waals surface area contributed by atoms with Crippen molar-refractivity contribution >= 4 is 5.91 Å². The summed E-state index contributed by atoms with van der Waals surface area (Å²) in [6.45, 7) is 5.50. The Kier molecular flexibility index (Phi) is 5.62. The van der Waals surface area contributed by atoms with E-state index in [2.05, 4.69) is 15.2 Å². The molecule has 0 radical (unpaired) electrons. The lowest BCUT2D eigenvalue weighted by atomic mass is 9.73. The monoisotopic (exact) mass is 317 g/mol. The van der Waals surface area contributed by atoms with Crippen LogP contribution in [0.5, 0.6) is 0 Å². The van der Waals surface area contributed by atoms with E-state index in [1.807, 2.05) is 12.1 Å². The van der Waals surface area contributed by atoms with Gasteiger partial charge in [0, 0.05) is 37.8 Å². The Labute approximate surface area is 138 Å². The number of aromatic nitrogens is 1. The molecule has 0 bridgehead atoms. The van der Waals surface area contributed by atoms with Crippen molar-refractivity contribution in [2.24, 2.45) is 5.41 Å². The molecule has 0 aromatic carbocycles. The molecule has 23 heavy (non-hydrogen) atoms. The molecule has 0 atom stereocenters. The van der Waals surface area contributed by atoms with Gasteiger partial charge in [-0.3, -0.25) is 14.7 Å². The van der Waals surface area contributed by atoms with Crippen LogP contribution in [0, 0.1) is 5.41 Å². The molecule has 3 rings (SSSR count). The molecule has 5 nitrogen and oxygen atoms in total. The van der Waals surface area contributed by atoms with Gasteiger partial charge in [-0.25, -0.2) is 0 Å². The summed E-state index contributed by atoms with van der Waals surface area (Å²) >= 11 is 0. The molecular formula is C18H27N3O2. The van der Waals surface area contributed by atoms with Gasteiger partial charge in [-0.15, -0.1) is 0 Å². The predicted octanol–water partition coefficient (Wildman–Crippen LogP) is 2.09. The lowest BCUT2D eigenvalue weighted by Crippen LogP contribution is -2.49. The fourth-order valence-electron chi connectivity index (χ4n) is 3.78. The van der Waals surface area contributed by atoms with Gasteiger partial charge >= 0.3 is 0 Å². The zero-order valence-electron chi connectivity index (χ0n) is 13.8. The minimum absolute atomic E-state index is 0.0578. The molecule has 2 aliphatic rings. The first-order valence-corrected chi connectivity index (χ1v) is 8.77. The molecule has 1 aliphatic heterocycles. The van der Waals surface area contributed by atoms with Crippen LogP contribution in [0.4, 0.5) is 0 Å². The van der Waals surface area contributed by atoms with Crippen LogP contribution in [0.1, 0.15) is 42.6 Å². The molecule has 1 N–H and O–H groups in total. The van der Waals surface area contributed by atoms with Crippen molar-refractivity contribution in [1.82, 2.24) is 15.2 Å². The molecule has 0 unspecified atom stereocenters. The zero-order valence-corrected chi connectivity index (χ0v) is 13.8. The number of nitrogens with zero attached hydrogens (tertiary/aromatic N) is 2. The van der Waals surface area contributed by atoms with E-state index in [9.17, 15) is 4.79 Å². The van der Waals surface area contributed by atoms with Gasteiger partial charge in [0.1, 0.15) is 5.69 Å². The van der Waals surface area contributed by atoms with Crippen LogP contribution in [-0.4, -0.2) is 55.2 Å². The van der Waals surface area contributed by atoms with Crippen LogP contribution >= 0.6 is 0 Å². The Morgan fingerprint density at radius 2 is 2.00 bits per heavy atom. The molecule has 1 aromatic heterocycles. The Balaban J connectivity index is 1.60. The number of amides is 1. The summed E-state index contributed by atoms with van der Waals surface area (Å²) in [5.41, 5.74) is 0.713. The van der Waals surface area contributed by atoms with Crippen LogP contribution in [0.15, 0.2) is 24.4 Å². The molecule has 0 spiro atoms. The van der Waals surface area contributed by atoms with E-state index >= 15 is 0 Å². The molecular weight excluding hydrogens is 290 g/mol. The number of rotatable bonds is 5. The fraction of sp³-hybridized carbons (Fsp3) is 0.667. The van der Waals surface area contributed by atoms with Crippen LogP contribution in [0.2, 0.25) is 0 Å². The number of pyridine rings is 1. The highest BCUT2D eigenvalue weighted by Crippen LogP contribution is 2.36. The van der Waals surface area contributed by atoms with Gasteiger partial charge in [0.15, 0.2) is 0 Å². The van der Waals surface area contributed by atoms with Crippen LogP contribution in [0.25, 0.3) is 0 Å². The number of ether oxygens (including phenoxy) is 1. The van der Waals surface area contributed by atoms with Crippen molar-refractivity contribution in [1.29, 1.82) is 0 Å². The van der Waals surface area contributed by atoms with E-state index in [-0.39, 0.29) is 11.3 Å². The summed E-state index contributed by atoms with van der Waals surface area (Å²) < 4.78 is 5.46. The van der Waals surface area contributed by atoms with Gasteiger partial charge in [-0.2, -0.15) is 0 Å². The highest BCUT2D eigenvalue weighted by Gasteiger charge is 2.34. The molecule has 1 aromatic rings. The predicted molar refractivity (Wildman–Crippen MR) is 89.3 cm³/mol. The van der Waals surface area contributed by atoms with Crippen molar-refractivity contribution in [3.63, 3.8) is 0 Å². The van der Waals surface area contributed by atoms with Gasteiger partial charge in [0.25, 0.3) is 5.91 Å². The number of carbonyl (C=O) groups excluding carboxylic acids is 1. The van der Waals surface area contributed by atoms with Crippen LogP contribution in [-0.2, 0) is 4.74 Å². The van der Waals surface area contributed by atoms with Crippen LogP contribution < -0.4 is 5.32 Å². The SMILES string of the molecule is O=C(NCC1(CN2CCOCC2)CCCCC1)c1ccccn1. The highest BCUT2D eigenvalue weighted by molar-refractivity contribution is 5.92. The lowest BCUT2D eigenvalue weighted by Gasteiger charge is -2.42. The number of morpholine rings is 1. The minimum Gasteiger partial charge on any atom is -0.379 e. The topological polar surface area (TPSA) is 54.5 Å². The first-order chi connectivity index (χ1) is 11.3. The summed E-state index contributed by atoms with van der Waals surface area (Å²) in [5.74, 6) is -0.0578. The average Bonchev–Trinajstić information content (AvgIpc) is 2.62. The molecule has 126 valence electrons. The zero-order chi connectivity index (χ0) is 16.0. The van der Waals surface area contributed by atoms with Gasteiger partial charge < -0.3 is 10.1 Å². The Hall–Kier alpha value is -1.46. The third-order valence-corrected chi connectivity index (χ3v) is 5.10. The third kappa shape index (κ3) is 4.52. The molecule has 2 heterocycles. The van der Waals surface area contributed by atoms with E-state index in [1.165, 1.54) is 32.1 Å². The maximum absolute atomic E-state index is 12.3. The molecule has 1 saturated carbocycles. The first kappa shape index (κ1) is 16.4. The molecule has 1 aliphatic carbocycles. The third-order valence-electron chi connectivity index (χ3n) is 5.10. The molecule has 1 amide bonds. The Bertz CT molecular complexity index is 494.